The molecule has 0 fully saturated rings. The molecule has 5 heteroatoms. The molecule has 0 spiro atoms. The van der Waals surface area contributed by atoms with E-state index in [0.717, 1.165) is 0 Å². The number of oxazole rings is 1. The number of aromatic nitrogens is 1. The Morgan fingerprint density at radius 2 is 2.27 bits per heavy atom. The molecule has 0 aliphatic carbocycles. The van der Waals surface area contributed by atoms with Crippen molar-refractivity contribution in [3.05, 3.63) is 28.7 Å². The first kappa shape index (κ1) is 9.79. The molecule has 0 bridgehead atoms. The molecular weight excluding hydrogens is 196 g/mol. The van der Waals surface area contributed by atoms with Crippen molar-refractivity contribution in [2.75, 3.05) is 12.3 Å². The maximum Gasteiger partial charge on any atom is 0.419 e. The summed E-state index contributed by atoms with van der Waals surface area (Å²) in [5.74, 6) is -0.413. The molecule has 2 aromatic rings. The van der Waals surface area contributed by atoms with Crippen molar-refractivity contribution in [3.8, 4) is 0 Å². The third kappa shape index (κ3) is 1.73. The van der Waals surface area contributed by atoms with Crippen LogP contribution in [-0.4, -0.2) is 16.3 Å². The predicted molar refractivity (Wildman–Crippen MR) is 56.6 cm³/mol. The predicted octanol–water partition coefficient (Wildman–Crippen LogP) is 0.559. The molecule has 0 aliphatic rings. The maximum absolute atomic E-state index is 11.4. The molecular formula is C10H12N2O3. The first-order valence-electron chi connectivity index (χ1n) is 4.72. The average Bonchev–Trinajstić information content (AvgIpc) is 2.51. The highest BCUT2D eigenvalue weighted by atomic mass is 16.4. The summed E-state index contributed by atoms with van der Waals surface area (Å²) >= 11 is 0. The molecule has 15 heavy (non-hydrogen) atoms. The van der Waals surface area contributed by atoms with Gasteiger partial charge in [-0.05, 0) is 24.6 Å². The van der Waals surface area contributed by atoms with Gasteiger partial charge in [0.2, 0.25) is 0 Å². The number of nitrogens with zero attached hydrogens (tertiary/aromatic N) is 1. The summed E-state index contributed by atoms with van der Waals surface area (Å²) in [7, 11) is 0. The number of aliphatic hydroxyl groups is 1. The molecule has 1 aromatic heterocycles. The van der Waals surface area contributed by atoms with Crippen LogP contribution in [0.25, 0.3) is 11.1 Å². The van der Waals surface area contributed by atoms with Crippen LogP contribution in [0.15, 0.2) is 27.4 Å². The third-order valence-corrected chi connectivity index (χ3v) is 2.23. The zero-order valence-electron chi connectivity index (χ0n) is 8.14. The lowest BCUT2D eigenvalue weighted by atomic mass is 10.3. The number of aliphatic hydroxyl groups excluding tert-OH is 1. The molecule has 0 radical (unpaired) electrons. The first-order valence-corrected chi connectivity index (χ1v) is 4.72. The number of anilines is 1. The van der Waals surface area contributed by atoms with E-state index >= 15 is 0 Å². The van der Waals surface area contributed by atoms with Gasteiger partial charge in [0.15, 0.2) is 5.58 Å². The SMILES string of the molecule is Nc1ccc2oc(=O)n(CCCO)c2c1. The van der Waals surface area contributed by atoms with E-state index in [1.54, 1.807) is 18.2 Å². The molecule has 1 heterocycles. The van der Waals surface area contributed by atoms with E-state index in [-0.39, 0.29) is 6.61 Å². The third-order valence-electron chi connectivity index (χ3n) is 2.23. The number of nitrogens with two attached hydrogens (primary N) is 1. The highest BCUT2D eigenvalue weighted by Gasteiger charge is 2.08. The van der Waals surface area contributed by atoms with Gasteiger partial charge in [0.25, 0.3) is 0 Å². The van der Waals surface area contributed by atoms with E-state index in [2.05, 4.69) is 0 Å². The Morgan fingerprint density at radius 1 is 1.47 bits per heavy atom. The smallest absolute Gasteiger partial charge is 0.408 e. The average molecular weight is 208 g/mol. The Hall–Kier alpha value is -1.75. The molecule has 1 aromatic carbocycles. The van der Waals surface area contributed by atoms with Gasteiger partial charge in [-0.2, -0.15) is 0 Å². The van der Waals surface area contributed by atoms with Crippen LogP contribution in [0.2, 0.25) is 0 Å². The molecule has 2 rings (SSSR count). The fraction of sp³-hybridized carbons (Fsp3) is 0.300. The summed E-state index contributed by atoms with van der Waals surface area (Å²) < 4.78 is 6.50. The van der Waals surface area contributed by atoms with Crippen LogP contribution in [0.1, 0.15) is 6.42 Å². The van der Waals surface area contributed by atoms with Crippen molar-refractivity contribution in [3.63, 3.8) is 0 Å². The highest BCUT2D eigenvalue weighted by molar-refractivity contribution is 5.76. The van der Waals surface area contributed by atoms with E-state index in [1.165, 1.54) is 4.57 Å². The molecule has 0 aliphatic heterocycles. The minimum Gasteiger partial charge on any atom is -0.408 e. The number of hydrogen-bond acceptors (Lipinski definition) is 4. The van der Waals surface area contributed by atoms with Crippen LogP contribution in [-0.2, 0) is 6.54 Å². The Morgan fingerprint density at radius 3 is 3.00 bits per heavy atom. The minimum absolute atomic E-state index is 0.0431. The Bertz CT molecular complexity index is 527. The quantitative estimate of drug-likeness (QED) is 0.722. The second-order valence-corrected chi connectivity index (χ2v) is 3.32. The zero-order chi connectivity index (χ0) is 10.8. The van der Waals surface area contributed by atoms with Gasteiger partial charge in [-0.25, -0.2) is 4.79 Å². The molecule has 0 saturated carbocycles. The lowest BCUT2D eigenvalue weighted by Crippen LogP contribution is -2.14. The number of fused-ring (bicyclic) bond motifs is 1. The van der Waals surface area contributed by atoms with Gasteiger partial charge in [-0.15, -0.1) is 0 Å². The van der Waals surface area contributed by atoms with Crippen LogP contribution >= 0.6 is 0 Å². The number of benzene rings is 1. The van der Waals surface area contributed by atoms with Gasteiger partial charge >= 0.3 is 5.76 Å². The van der Waals surface area contributed by atoms with Crippen LogP contribution in [0, 0.1) is 0 Å². The van der Waals surface area contributed by atoms with E-state index in [0.29, 0.717) is 29.8 Å². The number of nitrogen functional groups attached to an aromatic ring is 1. The Kier molecular flexibility index (Phi) is 2.47. The summed E-state index contributed by atoms with van der Waals surface area (Å²) in [5, 5.41) is 8.71. The normalized spacial score (nSPS) is 11.0. The van der Waals surface area contributed by atoms with E-state index in [9.17, 15) is 4.79 Å². The maximum atomic E-state index is 11.4. The molecule has 0 unspecified atom stereocenters. The topological polar surface area (TPSA) is 81.4 Å². The highest BCUT2D eigenvalue weighted by Crippen LogP contribution is 2.16. The molecule has 0 atom stereocenters. The fourth-order valence-corrected chi connectivity index (χ4v) is 1.52. The molecule has 0 saturated heterocycles. The molecule has 5 nitrogen and oxygen atoms in total. The standard InChI is InChI=1S/C10H12N2O3/c11-7-2-3-9-8(6-7)12(4-1-5-13)10(14)15-9/h2-3,6,13H,1,4-5,11H2. The van der Waals surface area contributed by atoms with E-state index in [4.69, 9.17) is 15.3 Å². The Labute approximate surface area is 85.7 Å². The second kappa shape index (κ2) is 3.78. The van der Waals surface area contributed by atoms with Gasteiger partial charge < -0.3 is 15.3 Å². The van der Waals surface area contributed by atoms with Crippen LogP contribution < -0.4 is 11.5 Å². The van der Waals surface area contributed by atoms with E-state index < -0.39 is 5.76 Å². The number of rotatable bonds is 3. The monoisotopic (exact) mass is 208 g/mol. The van der Waals surface area contributed by atoms with Gasteiger partial charge in [-0.3, -0.25) is 4.57 Å². The minimum atomic E-state index is -0.413. The fourth-order valence-electron chi connectivity index (χ4n) is 1.52. The van der Waals surface area contributed by atoms with Gasteiger partial charge in [0, 0.05) is 18.8 Å². The van der Waals surface area contributed by atoms with Crippen molar-refractivity contribution in [2.45, 2.75) is 13.0 Å². The van der Waals surface area contributed by atoms with E-state index in [1.807, 2.05) is 0 Å². The molecule has 80 valence electrons. The van der Waals surface area contributed by atoms with Crippen molar-refractivity contribution in [1.82, 2.24) is 4.57 Å². The molecule has 3 N–H and O–H groups in total. The van der Waals surface area contributed by atoms with Crippen LogP contribution in [0.4, 0.5) is 5.69 Å². The lowest BCUT2D eigenvalue weighted by Gasteiger charge is -1.99. The van der Waals surface area contributed by atoms with Gasteiger partial charge in [0.1, 0.15) is 0 Å². The van der Waals surface area contributed by atoms with Gasteiger partial charge in [-0.1, -0.05) is 0 Å². The Balaban J connectivity index is 2.55. The first-order chi connectivity index (χ1) is 7.22. The summed E-state index contributed by atoms with van der Waals surface area (Å²) in [6.07, 6.45) is 0.517. The lowest BCUT2D eigenvalue weighted by molar-refractivity contribution is 0.278. The number of hydrogen-bond donors (Lipinski definition) is 2. The number of aryl methyl sites for hydroxylation is 1. The van der Waals surface area contributed by atoms with Crippen LogP contribution in [0.5, 0.6) is 0 Å². The van der Waals surface area contributed by atoms with Crippen LogP contribution in [0.3, 0.4) is 0 Å². The molecule has 0 amide bonds. The van der Waals surface area contributed by atoms with Crippen molar-refractivity contribution in [2.24, 2.45) is 0 Å². The summed E-state index contributed by atoms with van der Waals surface area (Å²) in [4.78, 5) is 11.4. The summed E-state index contributed by atoms with van der Waals surface area (Å²) in [6, 6.07) is 5.04. The second-order valence-electron chi connectivity index (χ2n) is 3.32. The zero-order valence-corrected chi connectivity index (χ0v) is 8.14. The van der Waals surface area contributed by atoms with Crippen molar-refractivity contribution in [1.29, 1.82) is 0 Å². The van der Waals surface area contributed by atoms with Crippen molar-refractivity contribution >= 4 is 16.8 Å². The largest absolute Gasteiger partial charge is 0.419 e. The van der Waals surface area contributed by atoms with Crippen molar-refractivity contribution < 1.29 is 9.52 Å². The summed E-state index contributed by atoms with van der Waals surface area (Å²) in [5.41, 5.74) is 7.40. The van der Waals surface area contributed by atoms with Gasteiger partial charge in [0.05, 0.1) is 5.52 Å². The summed E-state index contributed by atoms with van der Waals surface area (Å²) in [6.45, 7) is 0.479.